The molecule has 1 aromatic carbocycles. The molecule has 0 amide bonds. The fourth-order valence-corrected chi connectivity index (χ4v) is 3.38. The summed E-state index contributed by atoms with van der Waals surface area (Å²) in [5.41, 5.74) is 0.831. The Morgan fingerprint density at radius 1 is 1.17 bits per heavy atom. The number of hydrogen-bond acceptors (Lipinski definition) is 6. The van der Waals surface area contributed by atoms with Crippen molar-refractivity contribution in [3.63, 3.8) is 0 Å². The number of nitrogens with one attached hydrogen (secondary N) is 1. The van der Waals surface area contributed by atoms with Gasteiger partial charge in [-0.05, 0) is 31.7 Å². The molecule has 6 heteroatoms. The molecule has 2 fully saturated rings. The van der Waals surface area contributed by atoms with Crippen molar-refractivity contribution in [3.05, 3.63) is 24.4 Å². The lowest BCUT2D eigenvalue weighted by molar-refractivity contribution is 0.126. The summed E-state index contributed by atoms with van der Waals surface area (Å²) in [7, 11) is 0. The number of hydrogen-bond donors (Lipinski definition) is 2. The van der Waals surface area contributed by atoms with Crippen molar-refractivity contribution in [1.82, 2.24) is 9.97 Å². The maximum atomic E-state index is 9.62. The van der Waals surface area contributed by atoms with Gasteiger partial charge in [0.05, 0.1) is 19.3 Å². The van der Waals surface area contributed by atoms with Gasteiger partial charge < -0.3 is 19.9 Å². The number of aliphatic hydroxyl groups excluding tert-OH is 1. The van der Waals surface area contributed by atoms with Gasteiger partial charge >= 0.3 is 0 Å². The van der Waals surface area contributed by atoms with Crippen LogP contribution >= 0.6 is 0 Å². The molecule has 2 heterocycles. The summed E-state index contributed by atoms with van der Waals surface area (Å²) >= 11 is 0. The van der Waals surface area contributed by atoms with E-state index in [9.17, 15) is 5.11 Å². The van der Waals surface area contributed by atoms with Crippen LogP contribution in [-0.2, 0) is 4.74 Å². The quantitative estimate of drug-likeness (QED) is 0.897. The van der Waals surface area contributed by atoms with Crippen LogP contribution < -0.4 is 10.1 Å². The van der Waals surface area contributed by atoms with Crippen molar-refractivity contribution in [2.24, 2.45) is 0 Å². The predicted octanol–water partition coefficient (Wildman–Crippen LogP) is 2.51. The second-order valence-electron chi connectivity index (χ2n) is 6.64. The van der Waals surface area contributed by atoms with Gasteiger partial charge in [-0.15, -0.1) is 0 Å². The van der Waals surface area contributed by atoms with Crippen molar-refractivity contribution in [3.8, 4) is 5.75 Å². The Balaban J connectivity index is 1.54. The van der Waals surface area contributed by atoms with E-state index in [-0.39, 0.29) is 12.2 Å². The van der Waals surface area contributed by atoms with E-state index in [2.05, 4.69) is 15.3 Å². The van der Waals surface area contributed by atoms with Crippen molar-refractivity contribution in [2.45, 2.75) is 50.4 Å². The summed E-state index contributed by atoms with van der Waals surface area (Å²) in [6, 6.07) is 6.23. The Labute approximate surface area is 141 Å². The Bertz CT molecular complexity index is 695. The maximum absolute atomic E-state index is 9.62. The van der Waals surface area contributed by atoms with Crippen LogP contribution in [0.4, 0.5) is 5.95 Å². The highest BCUT2D eigenvalue weighted by molar-refractivity contribution is 5.84. The van der Waals surface area contributed by atoms with Gasteiger partial charge in [0.25, 0.3) is 0 Å². The van der Waals surface area contributed by atoms with Gasteiger partial charge in [-0.1, -0.05) is 12.1 Å². The summed E-state index contributed by atoms with van der Waals surface area (Å²) in [5.74, 6) is 1.41. The van der Waals surface area contributed by atoms with E-state index in [1.54, 1.807) is 0 Å². The fraction of sp³-hybridized carbons (Fsp3) is 0.556. The van der Waals surface area contributed by atoms with E-state index in [0.29, 0.717) is 18.6 Å². The Morgan fingerprint density at radius 3 is 2.83 bits per heavy atom. The SMILES string of the molecule is OC1CCC(Nc2ncc3cccc(OC4CCOC4)c3n2)CC1. The van der Waals surface area contributed by atoms with E-state index in [1.165, 1.54) is 0 Å². The Morgan fingerprint density at radius 2 is 2.04 bits per heavy atom. The summed E-state index contributed by atoms with van der Waals surface area (Å²) in [6.45, 7) is 1.39. The van der Waals surface area contributed by atoms with Crippen molar-refractivity contribution >= 4 is 16.9 Å². The first-order valence-corrected chi connectivity index (χ1v) is 8.73. The summed E-state index contributed by atoms with van der Waals surface area (Å²) in [4.78, 5) is 9.11. The van der Waals surface area contributed by atoms with Crippen LogP contribution in [0.3, 0.4) is 0 Å². The molecule has 1 saturated carbocycles. The molecule has 1 unspecified atom stereocenters. The van der Waals surface area contributed by atoms with Gasteiger partial charge in [-0.3, -0.25) is 0 Å². The van der Waals surface area contributed by atoms with Gasteiger partial charge in [0.1, 0.15) is 17.4 Å². The highest BCUT2D eigenvalue weighted by Crippen LogP contribution is 2.27. The van der Waals surface area contributed by atoms with Crippen molar-refractivity contribution < 1.29 is 14.6 Å². The lowest BCUT2D eigenvalue weighted by atomic mass is 9.93. The molecule has 1 atom stereocenters. The zero-order valence-electron chi connectivity index (χ0n) is 13.6. The minimum atomic E-state index is -0.158. The number of fused-ring (bicyclic) bond motifs is 1. The van der Waals surface area contributed by atoms with Gasteiger partial charge in [-0.2, -0.15) is 0 Å². The standard InChI is InChI=1S/C18H23N3O3/c22-14-6-4-13(5-7-14)20-18-19-10-12-2-1-3-16(17(12)21-18)24-15-8-9-23-11-15/h1-3,10,13-15,22H,4-9,11H2,(H,19,20,21). The highest BCUT2D eigenvalue weighted by atomic mass is 16.5. The zero-order chi connectivity index (χ0) is 16.4. The first-order valence-electron chi connectivity index (χ1n) is 8.73. The molecule has 1 aliphatic carbocycles. The number of nitrogens with zero attached hydrogens (tertiary/aromatic N) is 2. The molecule has 0 spiro atoms. The van der Waals surface area contributed by atoms with Gasteiger partial charge in [0, 0.05) is 24.0 Å². The number of benzene rings is 1. The Kier molecular flexibility index (Phi) is 4.49. The number of para-hydroxylation sites is 1. The van der Waals surface area contributed by atoms with E-state index < -0.39 is 0 Å². The molecule has 24 heavy (non-hydrogen) atoms. The van der Waals surface area contributed by atoms with E-state index in [0.717, 1.165) is 55.4 Å². The molecule has 128 valence electrons. The lowest BCUT2D eigenvalue weighted by Gasteiger charge is -2.26. The summed E-state index contributed by atoms with van der Waals surface area (Å²) in [6.07, 6.45) is 6.25. The summed E-state index contributed by atoms with van der Waals surface area (Å²) in [5, 5.41) is 14.0. The number of aromatic nitrogens is 2. The molecule has 2 aromatic rings. The number of rotatable bonds is 4. The van der Waals surface area contributed by atoms with E-state index >= 15 is 0 Å². The molecule has 1 aromatic heterocycles. The van der Waals surface area contributed by atoms with Crippen molar-refractivity contribution in [1.29, 1.82) is 0 Å². The smallest absolute Gasteiger partial charge is 0.223 e. The average molecular weight is 329 g/mol. The molecule has 2 aliphatic rings. The van der Waals surface area contributed by atoms with Gasteiger partial charge in [-0.25, -0.2) is 9.97 Å². The lowest BCUT2D eigenvalue weighted by Crippen LogP contribution is -2.28. The van der Waals surface area contributed by atoms with Crippen LogP contribution in [0.15, 0.2) is 24.4 Å². The van der Waals surface area contributed by atoms with E-state index in [1.807, 2.05) is 24.4 Å². The topological polar surface area (TPSA) is 76.5 Å². The van der Waals surface area contributed by atoms with Gasteiger partial charge in [0.15, 0.2) is 0 Å². The molecule has 1 aliphatic heterocycles. The zero-order valence-corrected chi connectivity index (χ0v) is 13.6. The first kappa shape index (κ1) is 15.6. The van der Waals surface area contributed by atoms with Crippen molar-refractivity contribution in [2.75, 3.05) is 18.5 Å². The van der Waals surface area contributed by atoms with E-state index in [4.69, 9.17) is 9.47 Å². The predicted molar refractivity (Wildman–Crippen MR) is 91.3 cm³/mol. The largest absolute Gasteiger partial charge is 0.486 e. The Hall–Kier alpha value is -1.92. The molecule has 0 radical (unpaired) electrons. The number of aliphatic hydroxyl groups is 1. The van der Waals surface area contributed by atoms with Gasteiger partial charge in [0.2, 0.25) is 5.95 Å². The molecule has 6 nitrogen and oxygen atoms in total. The second kappa shape index (κ2) is 6.91. The molecule has 0 bridgehead atoms. The third kappa shape index (κ3) is 3.44. The normalized spacial score (nSPS) is 27.3. The summed E-state index contributed by atoms with van der Waals surface area (Å²) < 4.78 is 11.5. The van der Waals surface area contributed by atoms with Crippen LogP contribution in [-0.4, -0.2) is 46.5 Å². The number of ether oxygens (including phenoxy) is 2. The molecule has 1 saturated heterocycles. The maximum Gasteiger partial charge on any atom is 0.223 e. The van der Waals surface area contributed by atoms with Crippen LogP contribution in [0, 0.1) is 0 Å². The third-order valence-corrected chi connectivity index (χ3v) is 4.79. The minimum absolute atomic E-state index is 0.0989. The second-order valence-corrected chi connectivity index (χ2v) is 6.64. The van der Waals surface area contributed by atoms with Crippen LogP contribution in [0.2, 0.25) is 0 Å². The molecule has 4 rings (SSSR count). The minimum Gasteiger partial charge on any atom is -0.486 e. The van der Waals surface area contributed by atoms with Crippen LogP contribution in [0.1, 0.15) is 32.1 Å². The molecular weight excluding hydrogens is 306 g/mol. The molecule has 2 N–H and O–H groups in total. The fourth-order valence-electron chi connectivity index (χ4n) is 3.38. The number of anilines is 1. The average Bonchev–Trinajstić information content (AvgIpc) is 3.11. The molecular formula is C18H23N3O3. The van der Waals surface area contributed by atoms with Crippen LogP contribution in [0.25, 0.3) is 10.9 Å². The highest BCUT2D eigenvalue weighted by Gasteiger charge is 2.21. The van der Waals surface area contributed by atoms with Crippen LogP contribution in [0.5, 0.6) is 5.75 Å². The third-order valence-electron chi connectivity index (χ3n) is 4.79. The monoisotopic (exact) mass is 329 g/mol. The first-order chi connectivity index (χ1) is 11.8.